The summed E-state index contributed by atoms with van der Waals surface area (Å²) in [5, 5.41) is 13.8. The molecule has 3 nitrogen and oxygen atoms in total. The number of phenolic OH excluding ortho intramolecular Hbond substituents is 1. The highest BCUT2D eigenvalue weighted by Gasteiger charge is 2.21. The molecule has 0 spiro atoms. The van der Waals surface area contributed by atoms with E-state index in [0.717, 1.165) is 25.1 Å². The fourth-order valence-corrected chi connectivity index (χ4v) is 3.07. The summed E-state index contributed by atoms with van der Waals surface area (Å²) >= 11 is 0. The number of hydrogen-bond donors (Lipinski definition) is 2. The minimum absolute atomic E-state index is 0. The zero-order chi connectivity index (χ0) is 14.7. The Balaban J connectivity index is 0.00000176. The Labute approximate surface area is 137 Å². The van der Waals surface area contributed by atoms with Crippen molar-refractivity contribution in [3.8, 4) is 5.75 Å². The van der Waals surface area contributed by atoms with E-state index in [2.05, 4.69) is 35.6 Å². The van der Waals surface area contributed by atoms with E-state index in [1.807, 2.05) is 12.1 Å². The molecule has 1 heterocycles. The van der Waals surface area contributed by atoms with Crippen LogP contribution in [0.3, 0.4) is 0 Å². The molecule has 1 unspecified atom stereocenters. The van der Waals surface area contributed by atoms with Gasteiger partial charge in [-0.05, 0) is 41.8 Å². The molecule has 22 heavy (non-hydrogen) atoms. The van der Waals surface area contributed by atoms with Crippen LogP contribution in [0.25, 0.3) is 0 Å². The third-order valence-electron chi connectivity index (χ3n) is 4.14. The van der Waals surface area contributed by atoms with Crippen LogP contribution < -0.4 is 5.32 Å². The molecule has 0 bridgehead atoms. The topological polar surface area (TPSA) is 41.5 Å². The fraction of sp³-hybridized carbons (Fsp3) is 0.333. The summed E-state index contributed by atoms with van der Waals surface area (Å²) in [7, 11) is 1.65. The molecule has 0 aromatic heterocycles. The van der Waals surface area contributed by atoms with Gasteiger partial charge in [0.15, 0.2) is 0 Å². The van der Waals surface area contributed by atoms with Crippen molar-refractivity contribution < 1.29 is 9.84 Å². The van der Waals surface area contributed by atoms with E-state index in [1.165, 1.54) is 16.7 Å². The van der Waals surface area contributed by atoms with E-state index in [-0.39, 0.29) is 18.3 Å². The van der Waals surface area contributed by atoms with Crippen molar-refractivity contribution in [2.45, 2.75) is 18.9 Å². The van der Waals surface area contributed by atoms with Gasteiger partial charge in [0.2, 0.25) is 0 Å². The summed E-state index contributed by atoms with van der Waals surface area (Å²) in [6, 6.07) is 14.5. The Kier molecular flexibility index (Phi) is 5.83. The van der Waals surface area contributed by atoms with Gasteiger partial charge in [-0.25, -0.2) is 0 Å². The second-order valence-corrected chi connectivity index (χ2v) is 5.53. The summed E-state index contributed by atoms with van der Waals surface area (Å²) in [5.74, 6) is 0.615. The lowest BCUT2D eigenvalue weighted by atomic mass is 9.87. The monoisotopic (exact) mass is 319 g/mol. The molecule has 118 valence electrons. The molecule has 0 radical (unpaired) electrons. The Morgan fingerprint density at radius 1 is 1.23 bits per heavy atom. The fourth-order valence-electron chi connectivity index (χ4n) is 3.07. The maximum Gasteiger partial charge on any atom is 0.121 e. The van der Waals surface area contributed by atoms with Gasteiger partial charge >= 0.3 is 0 Å². The highest BCUT2D eigenvalue weighted by atomic mass is 35.5. The van der Waals surface area contributed by atoms with Crippen LogP contribution in [-0.2, 0) is 17.8 Å². The zero-order valence-corrected chi connectivity index (χ0v) is 13.5. The molecule has 2 N–H and O–H groups in total. The lowest BCUT2D eigenvalue weighted by molar-refractivity contribution is 0.182. The van der Waals surface area contributed by atoms with Crippen molar-refractivity contribution in [1.82, 2.24) is 5.32 Å². The van der Waals surface area contributed by atoms with Crippen molar-refractivity contribution in [2.75, 3.05) is 20.2 Å². The van der Waals surface area contributed by atoms with Gasteiger partial charge in [0.1, 0.15) is 5.75 Å². The van der Waals surface area contributed by atoms with E-state index in [1.54, 1.807) is 7.11 Å². The van der Waals surface area contributed by atoms with Crippen molar-refractivity contribution in [2.24, 2.45) is 0 Å². The number of nitrogens with one attached hydrogen (secondary N) is 1. The number of hydrogen-bond acceptors (Lipinski definition) is 3. The SMILES string of the molecule is COCc1cc2c(cc1O)C(c1ccccc1)CNCC2.Cl. The van der Waals surface area contributed by atoms with Crippen molar-refractivity contribution in [3.05, 3.63) is 64.7 Å². The van der Waals surface area contributed by atoms with Gasteiger partial charge < -0.3 is 15.2 Å². The quantitative estimate of drug-likeness (QED) is 0.912. The number of ether oxygens (including phenoxy) is 1. The lowest BCUT2D eigenvalue weighted by Crippen LogP contribution is -2.20. The van der Waals surface area contributed by atoms with Crippen molar-refractivity contribution >= 4 is 12.4 Å². The average molecular weight is 320 g/mol. The van der Waals surface area contributed by atoms with Gasteiger partial charge in [-0.15, -0.1) is 12.4 Å². The van der Waals surface area contributed by atoms with E-state index >= 15 is 0 Å². The summed E-state index contributed by atoms with van der Waals surface area (Å²) in [6.07, 6.45) is 0.982. The second kappa shape index (κ2) is 7.63. The van der Waals surface area contributed by atoms with Gasteiger partial charge in [-0.1, -0.05) is 30.3 Å². The highest BCUT2D eigenvalue weighted by molar-refractivity contribution is 5.85. The van der Waals surface area contributed by atoms with E-state index in [0.29, 0.717) is 12.4 Å². The number of fused-ring (bicyclic) bond motifs is 1. The second-order valence-electron chi connectivity index (χ2n) is 5.53. The molecular formula is C18H22ClNO2. The molecule has 0 fully saturated rings. The lowest BCUT2D eigenvalue weighted by Gasteiger charge is -2.19. The summed E-state index contributed by atoms with van der Waals surface area (Å²) < 4.78 is 5.17. The smallest absolute Gasteiger partial charge is 0.121 e. The van der Waals surface area contributed by atoms with Gasteiger partial charge in [-0.3, -0.25) is 0 Å². The summed E-state index contributed by atoms with van der Waals surface area (Å²) in [5.41, 5.74) is 4.68. The molecule has 4 heteroatoms. The first-order valence-electron chi connectivity index (χ1n) is 7.39. The maximum absolute atomic E-state index is 10.3. The van der Waals surface area contributed by atoms with Crippen LogP contribution in [0, 0.1) is 0 Å². The maximum atomic E-state index is 10.3. The van der Waals surface area contributed by atoms with Crippen LogP contribution >= 0.6 is 12.4 Å². The third-order valence-corrected chi connectivity index (χ3v) is 4.14. The Morgan fingerprint density at radius 2 is 2.00 bits per heavy atom. The van der Waals surface area contributed by atoms with Gasteiger partial charge in [-0.2, -0.15) is 0 Å². The number of methoxy groups -OCH3 is 1. The molecule has 0 saturated heterocycles. The Bertz CT molecular complexity index is 616. The predicted octanol–water partition coefficient (Wildman–Crippen LogP) is 3.24. The molecule has 1 atom stereocenters. The molecule has 0 amide bonds. The van der Waals surface area contributed by atoms with E-state index in [4.69, 9.17) is 4.74 Å². The van der Waals surface area contributed by atoms with Crippen LogP contribution in [0.2, 0.25) is 0 Å². The van der Waals surface area contributed by atoms with E-state index in [9.17, 15) is 5.11 Å². The van der Waals surface area contributed by atoms with Crippen LogP contribution in [-0.4, -0.2) is 25.3 Å². The first-order valence-corrected chi connectivity index (χ1v) is 7.39. The molecule has 2 aromatic carbocycles. The molecule has 2 aromatic rings. The zero-order valence-electron chi connectivity index (χ0n) is 12.7. The largest absolute Gasteiger partial charge is 0.508 e. The summed E-state index contributed by atoms with van der Waals surface area (Å²) in [6.45, 7) is 2.32. The van der Waals surface area contributed by atoms with Gasteiger partial charge in [0.25, 0.3) is 0 Å². The molecule has 0 saturated carbocycles. The molecule has 0 aliphatic carbocycles. The third kappa shape index (κ3) is 3.43. The number of phenols is 1. The number of aromatic hydroxyl groups is 1. The van der Waals surface area contributed by atoms with Gasteiger partial charge in [0.05, 0.1) is 6.61 Å². The molecular weight excluding hydrogens is 298 g/mol. The normalized spacial score (nSPS) is 17.2. The molecule has 1 aliphatic heterocycles. The van der Waals surface area contributed by atoms with E-state index < -0.39 is 0 Å². The number of halogens is 1. The molecule has 1 aliphatic rings. The minimum Gasteiger partial charge on any atom is -0.508 e. The van der Waals surface area contributed by atoms with Crippen molar-refractivity contribution in [1.29, 1.82) is 0 Å². The standard InChI is InChI=1S/C18H21NO2.ClH/c1-21-12-15-9-14-7-8-19-11-17(16(14)10-18(15)20)13-5-3-2-4-6-13;/h2-6,9-10,17,19-20H,7-8,11-12H2,1H3;1H. The predicted molar refractivity (Wildman–Crippen MR) is 90.9 cm³/mol. The summed E-state index contributed by atoms with van der Waals surface area (Å²) in [4.78, 5) is 0. The minimum atomic E-state index is 0. The number of rotatable bonds is 3. The first-order chi connectivity index (χ1) is 10.3. The van der Waals surface area contributed by atoms with Crippen LogP contribution in [0.4, 0.5) is 0 Å². The Morgan fingerprint density at radius 3 is 2.73 bits per heavy atom. The van der Waals surface area contributed by atoms with Crippen molar-refractivity contribution in [3.63, 3.8) is 0 Å². The highest BCUT2D eigenvalue weighted by Crippen LogP contribution is 2.33. The Hall–Kier alpha value is -1.55. The average Bonchev–Trinajstić information content (AvgIpc) is 2.71. The van der Waals surface area contributed by atoms with Crippen LogP contribution in [0.5, 0.6) is 5.75 Å². The van der Waals surface area contributed by atoms with Gasteiger partial charge in [0, 0.05) is 25.1 Å². The van der Waals surface area contributed by atoms with Crippen LogP contribution in [0.15, 0.2) is 42.5 Å². The van der Waals surface area contributed by atoms with Crippen LogP contribution in [0.1, 0.15) is 28.2 Å². The first kappa shape index (κ1) is 16.8. The molecule has 3 rings (SSSR count). The number of benzene rings is 2.